The standard InChI is InChI=1S/C14H10Cl2N2O2S/c15-8-4-9(16)6-10(5-8)18-13(19)12(17-14(18)20)7-11-2-1-3-21-11/h1-6,12H,7H2,(H,17,20). The molecule has 7 heteroatoms. The highest BCUT2D eigenvalue weighted by molar-refractivity contribution is 7.09. The number of imide groups is 1. The SMILES string of the molecule is O=C1NC(Cc2cccs2)C(=O)N1c1cc(Cl)cc(Cl)c1. The van der Waals surface area contributed by atoms with Crippen LogP contribution in [0.1, 0.15) is 4.88 Å². The van der Waals surface area contributed by atoms with E-state index in [9.17, 15) is 9.59 Å². The minimum absolute atomic E-state index is 0.299. The number of amides is 3. The van der Waals surface area contributed by atoms with Crippen LogP contribution in [0.2, 0.25) is 10.0 Å². The fourth-order valence-corrected chi connectivity index (χ4v) is 3.48. The van der Waals surface area contributed by atoms with Gasteiger partial charge in [-0.15, -0.1) is 11.3 Å². The molecule has 2 aromatic rings. The Bertz CT molecular complexity index is 683. The van der Waals surface area contributed by atoms with Crippen molar-refractivity contribution in [2.24, 2.45) is 0 Å². The first-order chi connectivity index (χ1) is 10.0. The van der Waals surface area contributed by atoms with Crippen molar-refractivity contribution >= 4 is 52.2 Å². The second kappa shape index (κ2) is 5.67. The van der Waals surface area contributed by atoms with Crippen LogP contribution in [-0.2, 0) is 11.2 Å². The molecule has 0 bridgehead atoms. The van der Waals surface area contributed by atoms with E-state index in [0.717, 1.165) is 9.78 Å². The molecular formula is C14H10Cl2N2O2S. The van der Waals surface area contributed by atoms with Crippen LogP contribution in [0.4, 0.5) is 10.5 Å². The van der Waals surface area contributed by atoms with Crippen molar-refractivity contribution in [1.82, 2.24) is 5.32 Å². The molecule has 1 aromatic heterocycles. The van der Waals surface area contributed by atoms with Gasteiger partial charge in [0.25, 0.3) is 5.91 Å². The topological polar surface area (TPSA) is 49.4 Å². The highest BCUT2D eigenvalue weighted by atomic mass is 35.5. The zero-order valence-electron chi connectivity index (χ0n) is 10.7. The predicted octanol–water partition coefficient (Wildman–Crippen LogP) is 3.72. The van der Waals surface area contributed by atoms with Crippen LogP contribution in [0, 0.1) is 0 Å². The quantitative estimate of drug-likeness (QED) is 0.865. The van der Waals surface area contributed by atoms with Crippen LogP contribution < -0.4 is 10.2 Å². The average Bonchev–Trinajstić information content (AvgIpc) is 2.98. The summed E-state index contributed by atoms with van der Waals surface area (Å²) in [6.45, 7) is 0. The summed E-state index contributed by atoms with van der Waals surface area (Å²) in [6, 6.07) is 7.46. The largest absolute Gasteiger partial charge is 0.329 e. The lowest BCUT2D eigenvalue weighted by atomic mass is 10.2. The molecule has 1 saturated heterocycles. The van der Waals surface area contributed by atoms with Crippen LogP contribution in [-0.4, -0.2) is 18.0 Å². The maximum Gasteiger partial charge on any atom is 0.329 e. The molecule has 1 aliphatic rings. The van der Waals surface area contributed by atoms with Crippen molar-refractivity contribution in [3.63, 3.8) is 0 Å². The molecular weight excluding hydrogens is 331 g/mol. The number of nitrogens with zero attached hydrogens (tertiary/aromatic N) is 1. The third kappa shape index (κ3) is 2.90. The fraction of sp³-hybridized carbons (Fsp3) is 0.143. The Hall–Kier alpha value is -1.56. The lowest BCUT2D eigenvalue weighted by molar-refractivity contribution is -0.118. The van der Waals surface area contributed by atoms with E-state index in [-0.39, 0.29) is 5.91 Å². The number of nitrogens with one attached hydrogen (secondary N) is 1. The monoisotopic (exact) mass is 340 g/mol. The molecule has 108 valence electrons. The van der Waals surface area contributed by atoms with Gasteiger partial charge in [0.15, 0.2) is 0 Å². The number of benzene rings is 1. The highest BCUT2D eigenvalue weighted by Crippen LogP contribution is 2.28. The number of carbonyl (C=O) groups excluding carboxylic acids is 2. The van der Waals surface area contributed by atoms with E-state index in [2.05, 4.69) is 5.32 Å². The average molecular weight is 341 g/mol. The van der Waals surface area contributed by atoms with Crippen LogP contribution in [0.3, 0.4) is 0 Å². The van der Waals surface area contributed by atoms with Crippen molar-refractivity contribution in [2.45, 2.75) is 12.5 Å². The van der Waals surface area contributed by atoms with E-state index in [0.29, 0.717) is 22.2 Å². The number of hydrogen-bond acceptors (Lipinski definition) is 3. The van der Waals surface area contributed by atoms with Gasteiger partial charge < -0.3 is 5.32 Å². The van der Waals surface area contributed by atoms with Gasteiger partial charge in [0.1, 0.15) is 6.04 Å². The molecule has 1 fully saturated rings. The number of hydrogen-bond donors (Lipinski definition) is 1. The Balaban J connectivity index is 1.86. The summed E-state index contributed by atoms with van der Waals surface area (Å²) in [7, 11) is 0. The van der Waals surface area contributed by atoms with Gasteiger partial charge in [0, 0.05) is 21.3 Å². The lowest BCUT2D eigenvalue weighted by Crippen LogP contribution is -2.32. The molecule has 1 atom stereocenters. The van der Waals surface area contributed by atoms with Crippen molar-refractivity contribution < 1.29 is 9.59 Å². The molecule has 3 rings (SSSR count). The Morgan fingerprint density at radius 1 is 1.19 bits per heavy atom. The first-order valence-corrected chi connectivity index (χ1v) is 7.81. The van der Waals surface area contributed by atoms with Crippen LogP contribution >= 0.6 is 34.5 Å². The van der Waals surface area contributed by atoms with Gasteiger partial charge >= 0.3 is 6.03 Å². The smallest absolute Gasteiger partial charge is 0.325 e. The van der Waals surface area contributed by atoms with Gasteiger partial charge in [-0.25, -0.2) is 9.69 Å². The summed E-state index contributed by atoms with van der Waals surface area (Å²) in [5, 5.41) is 5.37. The minimum atomic E-state index is -0.561. The summed E-state index contributed by atoms with van der Waals surface area (Å²) in [5.41, 5.74) is 0.378. The molecule has 0 saturated carbocycles. The Morgan fingerprint density at radius 3 is 2.52 bits per heavy atom. The van der Waals surface area contributed by atoms with E-state index in [1.807, 2.05) is 17.5 Å². The predicted molar refractivity (Wildman–Crippen MR) is 84.3 cm³/mol. The number of thiophene rings is 1. The van der Waals surface area contributed by atoms with Gasteiger partial charge in [0.05, 0.1) is 5.69 Å². The summed E-state index contributed by atoms with van der Waals surface area (Å²) < 4.78 is 0. The van der Waals surface area contributed by atoms with Crippen molar-refractivity contribution in [3.8, 4) is 0 Å². The molecule has 3 amide bonds. The number of urea groups is 1. The van der Waals surface area contributed by atoms with E-state index in [1.54, 1.807) is 29.5 Å². The fourth-order valence-electron chi connectivity index (χ4n) is 2.21. The molecule has 0 radical (unpaired) electrons. The molecule has 2 heterocycles. The van der Waals surface area contributed by atoms with Crippen molar-refractivity contribution in [1.29, 1.82) is 0 Å². The number of carbonyl (C=O) groups is 2. The summed E-state index contributed by atoms with van der Waals surface area (Å²) in [5.74, 6) is -0.299. The first-order valence-electron chi connectivity index (χ1n) is 6.17. The normalized spacial score (nSPS) is 18.2. The second-order valence-corrected chi connectivity index (χ2v) is 6.49. The second-order valence-electron chi connectivity index (χ2n) is 4.59. The molecule has 4 nitrogen and oxygen atoms in total. The molecule has 1 aromatic carbocycles. The van der Waals surface area contributed by atoms with E-state index in [1.165, 1.54) is 0 Å². The van der Waals surface area contributed by atoms with Crippen LogP contribution in [0.5, 0.6) is 0 Å². The van der Waals surface area contributed by atoms with Gasteiger partial charge in [-0.05, 0) is 29.6 Å². The van der Waals surface area contributed by atoms with E-state index < -0.39 is 12.1 Å². The maximum absolute atomic E-state index is 12.4. The Labute approximate surface area is 135 Å². The molecule has 1 unspecified atom stereocenters. The number of anilines is 1. The molecule has 1 aliphatic heterocycles. The molecule has 0 spiro atoms. The first kappa shape index (κ1) is 14.4. The van der Waals surface area contributed by atoms with Crippen molar-refractivity contribution in [3.05, 3.63) is 50.6 Å². The third-order valence-electron chi connectivity index (χ3n) is 3.11. The Morgan fingerprint density at radius 2 is 1.90 bits per heavy atom. The van der Waals surface area contributed by atoms with Crippen LogP contribution in [0.15, 0.2) is 35.7 Å². The molecule has 1 N–H and O–H groups in total. The summed E-state index contributed by atoms with van der Waals surface area (Å²) in [4.78, 5) is 26.6. The summed E-state index contributed by atoms with van der Waals surface area (Å²) in [6.07, 6.45) is 0.479. The molecule has 0 aliphatic carbocycles. The number of rotatable bonds is 3. The van der Waals surface area contributed by atoms with E-state index in [4.69, 9.17) is 23.2 Å². The summed E-state index contributed by atoms with van der Waals surface area (Å²) >= 11 is 13.4. The molecule has 21 heavy (non-hydrogen) atoms. The third-order valence-corrected chi connectivity index (χ3v) is 4.45. The van der Waals surface area contributed by atoms with Gasteiger partial charge in [-0.1, -0.05) is 29.3 Å². The van der Waals surface area contributed by atoms with Gasteiger partial charge in [-0.3, -0.25) is 4.79 Å². The zero-order chi connectivity index (χ0) is 15.0. The highest BCUT2D eigenvalue weighted by Gasteiger charge is 2.39. The van der Waals surface area contributed by atoms with Crippen LogP contribution in [0.25, 0.3) is 0 Å². The Kier molecular flexibility index (Phi) is 3.89. The van der Waals surface area contributed by atoms with Crippen molar-refractivity contribution in [2.75, 3.05) is 4.90 Å². The van der Waals surface area contributed by atoms with Gasteiger partial charge in [-0.2, -0.15) is 0 Å². The lowest BCUT2D eigenvalue weighted by Gasteiger charge is -2.13. The maximum atomic E-state index is 12.4. The van der Waals surface area contributed by atoms with Gasteiger partial charge in [0.2, 0.25) is 0 Å². The zero-order valence-corrected chi connectivity index (χ0v) is 13.0. The van der Waals surface area contributed by atoms with E-state index >= 15 is 0 Å². The number of halogens is 2. The minimum Gasteiger partial charge on any atom is -0.325 e.